The lowest BCUT2D eigenvalue weighted by atomic mass is 9.82. The molecule has 0 spiro atoms. The predicted molar refractivity (Wildman–Crippen MR) is 99.9 cm³/mol. The SMILES string of the molecule is CC(C)(C)OC(=O)N[C@H](C(=O)C#CN1CCC[C@H]1C(=O)O)C1CCCCC1. The molecule has 2 N–H and O–H groups in total. The van der Waals surface area contributed by atoms with Crippen molar-refractivity contribution in [1.82, 2.24) is 10.2 Å². The number of hydrogen-bond acceptors (Lipinski definition) is 5. The van der Waals surface area contributed by atoms with Crippen LogP contribution in [0.25, 0.3) is 0 Å². The Kier molecular flexibility index (Phi) is 7.11. The number of amides is 1. The maximum atomic E-state index is 12.8. The number of carboxylic acids is 1. The van der Waals surface area contributed by atoms with E-state index in [0.29, 0.717) is 13.0 Å². The highest BCUT2D eigenvalue weighted by Crippen LogP contribution is 2.27. The molecule has 0 aromatic carbocycles. The highest BCUT2D eigenvalue weighted by Gasteiger charge is 2.32. The Morgan fingerprint density at radius 3 is 2.37 bits per heavy atom. The van der Waals surface area contributed by atoms with Gasteiger partial charge >= 0.3 is 12.1 Å². The van der Waals surface area contributed by atoms with Crippen LogP contribution >= 0.6 is 0 Å². The molecule has 2 fully saturated rings. The second-order valence-electron chi connectivity index (χ2n) is 8.31. The van der Waals surface area contributed by atoms with E-state index in [2.05, 4.69) is 17.3 Å². The van der Waals surface area contributed by atoms with Crippen LogP contribution in [0.2, 0.25) is 0 Å². The first kappa shape index (κ1) is 21.1. The molecule has 0 unspecified atom stereocenters. The van der Waals surface area contributed by atoms with Crippen molar-refractivity contribution >= 4 is 17.8 Å². The zero-order chi connectivity index (χ0) is 20.0. The van der Waals surface area contributed by atoms with Crippen LogP contribution in [-0.2, 0) is 14.3 Å². The van der Waals surface area contributed by atoms with Crippen molar-refractivity contribution in [3.63, 3.8) is 0 Å². The van der Waals surface area contributed by atoms with Gasteiger partial charge in [-0.25, -0.2) is 9.59 Å². The fraction of sp³-hybridized carbons (Fsp3) is 0.750. The first-order chi connectivity index (χ1) is 12.7. The minimum atomic E-state index is -0.926. The van der Waals surface area contributed by atoms with E-state index in [9.17, 15) is 19.5 Å². The molecule has 0 aromatic rings. The molecule has 1 amide bonds. The molecule has 1 aliphatic heterocycles. The van der Waals surface area contributed by atoms with Crippen LogP contribution in [0.1, 0.15) is 65.7 Å². The maximum Gasteiger partial charge on any atom is 0.408 e. The number of carbonyl (C=O) groups excluding carboxylic acids is 2. The number of ketones is 1. The largest absolute Gasteiger partial charge is 0.480 e. The lowest BCUT2D eigenvalue weighted by Gasteiger charge is -2.29. The van der Waals surface area contributed by atoms with Gasteiger partial charge in [-0.1, -0.05) is 19.3 Å². The summed E-state index contributed by atoms with van der Waals surface area (Å²) in [5.74, 6) is 1.30. The van der Waals surface area contributed by atoms with Crippen LogP contribution < -0.4 is 5.32 Å². The van der Waals surface area contributed by atoms with Gasteiger partial charge in [-0.3, -0.25) is 4.79 Å². The van der Waals surface area contributed by atoms with Crippen molar-refractivity contribution in [2.45, 2.75) is 83.4 Å². The molecule has 27 heavy (non-hydrogen) atoms. The van der Waals surface area contributed by atoms with Gasteiger partial charge in [-0.05, 0) is 58.3 Å². The summed E-state index contributed by atoms with van der Waals surface area (Å²) in [5, 5.41) is 11.9. The number of likely N-dealkylation sites (tertiary alicyclic amines) is 1. The number of nitrogens with one attached hydrogen (secondary N) is 1. The molecular weight excluding hydrogens is 348 g/mol. The molecular formula is C20H30N2O5. The number of aliphatic carboxylic acids is 1. The predicted octanol–water partition coefficient (Wildman–Crippen LogP) is 2.54. The molecule has 1 saturated heterocycles. The molecule has 1 saturated carbocycles. The summed E-state index contributed by atoms with van der Waals surface area (Å²) < 4.78 is 5.30. The van der Waals surface area contributed by atoms with Gasteiger partial charge in [0.1, 0.15) is 17.7 Å². The van der Waals surface area contributed by atoms with Gasteiger partial charge in [-0.2, -0.15) is 0 Å². The quantitative estimate of drug-likeness (QED) is 0.730. The summed E-state index contributed by atoms with van der Waals surface area (Å²) >= 11 is 0. The van der Waals surface area contributed by atoms with Gasteiger partial charge in [0, 0.05) is 12.6 Å². The fourth-order valence-electron chi connectivity index (χ4n) is 3.66. The number of carbonyl (C=O) groups is 3. The Morgan fingerprint density at radius 2 is 1.78 bits per heavy atom. The molecule has 1 heterocycles. The van der Waals surface area contributed by atoms with Crippen molar-refractivity contribution in [3.8, 4) is 12.0 Å². The topological polar surface area (TPSA) is 95.9 Å². The standard InChI is InChI=1S/C20H30N2O5/c1-20(2,3)27-19(26)21-17(14-8-5-4-6-9-14)16(23)11-13-22-12-7-10-15(22)18(24)25/h14-15,17H,4-10,12H2,1-3H3,(H,21,26)(H,24,25)/t15-,17-/m0/s1. The van der Waals surface area contributed by atoms with Crippen molar-refractivity contribution in [3.05, 3.63) is 0 Å². The van der Waals surface area contributed by atoms with Crippen LogP contribution in [0, 0.1) is 17.9 Å². The number of Topliss-reactive ketones (excluding diaryl/α,β-unsaturated/α-hetero) is 1. The summed E-state index contributed by atoms with van der Waals surface area (Å²) in [5.41, 5.74) is -0.653. The molecule has 150 valence electrons. The lowest BCUT2D eigenvalue weighted by molar-refractivity contribution is -0.141. The average Bonchev–Trinajstić information content (AvgIpc) is 3.05. The fourth-order valence-corrected chi connectivity index (χ4v) is 3.66. The summed E-state index contributed by atoms with van der Waals surface area (Å²) in [4.78, 5) is 37.7. The monoisotopic (exact) mass is 378 g/mol. The molecule has 2 atom stereocenters. The van der Waals surface area contributed by atoms with Crippen LogP contribution in [0.3, 0.4) is 0 Å². The Labute approximate surface area is 160 Å². The van der Waals surface area contributed by atoms with E-state index in [1.807, 2.05) is 0 Å². The van der Waals surface area contributed by atoms with Crippen LogP contribution in [0.5, 0.6) is 0 Å². The maximum absolute atomic E-state index is 12.8. The molecule has 7 heteroatoms. The van der Waals surface area contributed by atoms with E-state index in [1.165, 1.54) is 4.90 Å². The summed E-state index contributed by atoms with van der Waals surface area (Å²) in [6, 6.07) is 1.32. The number of rotatable bonds is 4. The van der Waals surface area contributed by atoms with Gasteiger partial charge in [0.05, 0.1) is 0 Å². The number of ether oxygens (including phenoxy) is 1. The molecule has 2 rings (SSSR count). The number of alkyl carbamates (subject to hydrolysis) is 1. The van der Waals surface area contributed by atoms with Gasteiger partial charge in [0.2, 0.25) is 5.78 Å². The average molecular weight is 378 g/mol. The lowest BCUT2D eigenvalue weighted by Crippen LogP contribution is -2.48. The molecule has 0 aromatic heterocycles. The van der Waals surface area contributed by atoms with Crippen LogP contribution in [-0.4, -0.2) is 52.1 Å². The highest BCUT2D eigenvalue weighted by molar-refractivity contribution is 6.01. The zero-order valence-electron chi connectivity index (χ0n) is 16.4. The second kappa shape index (κ2) is 9.12. The number of nitrogens with zero attached hydrogens (tertiary/aromatic N) is 1. The van der Waals surface area contributed by atoms with Crippen LogP contribution in [0.4, 0.5) is 4.79 Å². The minimum Gasteiger partial charge on any atom is -0.480 e. The first-order valence-corrected chi connectivity index (χ1v) is 9.72. The van der Waals surface area contributed by atoms with Crippen molar-refractivity contribution < 1.29 is 24.2 Å². The summed E-state index contributed by atoms with van der Waals surface area (Å²) in [6.07, 6.45) is 5.52. The molecule has 7 nitrogen and oxygen atoms in total. The molecule has 0 bridgehead atoms. The Balaban J connectivity index is 2.10. The van der Waals surface area contributed by atoms with E-state index in [4.69, 9.17) is 4.74 Å². The van der Waals surface area contributed by atoms with Gasteiger partial charge in [0.15, 0.2) is 0 Å². The third kappa shape index (κ3) is 6.46. The minimum absolute atomic E-state index is 0.0296. The zero-order valence-corrected chi connectivity index (χ0v) is 16.4. The first-order valence-electron chi connectivity index (χ1n) is 9.72. The molecule has 0 radical (unpaired) electrons. The van der Waals surface area contributed by atoms with Crippen molar-refractivity contribution in [2.24, 2.45) is 5.92 Å². The van der Waals surface area contributed by atoms with E-state index in [0.717, 1.165) is 38.5 Å². The smallest absolute Gasteiger partial charge is 0.408 e. The third-order valence-electron chi connectivity index (χ3n) is 4.94. The Morgan fingerprint density at radius 1 is 1.11 bits per heavy atom. The van der Waals surface area contributed by atoms with Gasteiger partial charge in [0.25, 0.3) is 0 Å². The van der Waals surface area contributed by atoms with Gasteiger partial charge in [-0.15, -0.1) is 0 Å². The molecule has 2 aliphatic rings. The summed E-state index contributed by atoms with van der Waals surface area (Å²) in [7, 11) is 0. The highest BCUT2D eigenvalue weighted by atomic mass is 16.6. The number of hydrogen-bond donors (Lipinski definition) is 2. The van der Waals surface area contributed by atoms with E-state index < -0.39 is 29.7 Å². The van der Waals surface area contributed by atoms with Gasteiger partial charge < -0.3 is 20.1 Å². The molecule has 1 aliphatic carbocycles. The Hall–Kier alpha value is -2.23. The Bertz CT molecular complexity index is 623. The normalized spacial score (nSPS) is 21.7. The van der Waals surface area contributed by atoms with Crippen molar-refractivity contribution in [2.75, 3.05) is 6.54 Å². The van der Waals surface area contributed by atoms with Crippen LogP contribution in [0.15, 0.2) is 0 Å². The summed E-state index contributed by atoms with van der Waals surface area (Å²) in [6.45, 7) is 5.83. The van der Waals surface area contributed by atoms with Crippen molar-refractivity contribution in [1.29, 1.82) is 0 Å². The van der Waals surface area contributed by atoms with E-state index >= 15 is 0 Å². The van der Waals surface area contributed by atoms with E-state index in [1.54, 1.807) is 20.8 Å². The second-order valence-corrected chi connectivity index (χ2v) is 8.31. The number of carboxylic acid groups (broad SMARTS) is 1. The van der Waals surface area contributed by atoms with E-state index in [-0.39, 0.29) is 11.7 Å². The third-order valence-corrected chi connectivity index (χ3v) is 4.94.